The van der Waals surface area contributed by atoms with Gasteiger partial charge in [-0.2, -0.15) is 0 Å². The van der Waals surface area contributed by atoms with Crippen LogP contribution < -0.4 is 0 Å². The Morgan fingerprint density at radius 2 is 2.09 bits per heavy atom. The molecule has 0 saturated carbocycles. The van der Waals surface area contributed by atoms with E-state index in [1.807, 2.05) is 55.1 Å². The lowest BCUT2D eigenvalue weighted by Crippen LogP contribution is -2.27. The van der Waals surface area contributed by atoms with Gasteiger partial charge in [-0.15, -0.1) is 0 Å². The third-order valence-corrected chi connectivity index (χ3v) is 3.72. The summed E-state index contributed by atoms with van der Waals surface area (Å²) in [4.78, 5) is 22.9. The molecule has 0 aliphatic rings. The van der Waals surface area contributed by atoms with Crippen LogP contribution in [-0.4, -0.2) is 32.4 Å². The lowest BCUT2D eigenvalue weighted by molar-refractivity contribution is 0.0780. The number of imidazole rings is 1. The summed E-state index contributed by atoms with van der Waals surface area (Å²) in [5.74, 6) is 0.833. The summed E-state index contributed by atoms with van der Waals surface area (Å²) in [5.41, 5.74) is 2.54. The van der Waals surface area contributed by atoms with E-state index in [0.29, 0.717) is 12.1 Å². The molecule has 112 valence electrons. The number of nitrogens with zero attached hydrogens (tertiary/aromatic N) is 4. The summed E-state index contributed by atoms with van der Waals surface area (Å²) in [6.07, 6.45) is 3.61. The summed E-state index contributed by atoms with van der Waals surface area (Å²) < 4.78 is 1.91. The van der Waals surface area contributed by atoms with Crippen molar-refractivity contribution in [1.82, 2.24) is 19.4 Å². The van der Waals surface area contributed by atoms with Crippen LogP contribution in [0.25, 0.3) is 10.9 Å². The van der Waals surface area contributed by atoms with Crippen LogP contribution in [0.1, 0.15) is 21.9 Å². The molecule has 0 spiro atoms. The largest absolute Gasteiger partial charge is 0.337 e. The van der Waals surface area contributed by atoms with Crippen LogP contribution in [0.4, 0.5) is 0 Å². The second kappa shape index (κ2) is 5.60. The number of aromatic nitrogens is 3. The van der Waals surface area contributed by atoms with Crippen molar-refractivity contribution in [2.75, 3.05) is 7.05 Å². The molecule has 0 unspecified atom stereocenters. The summed E-state index contributed by atoms with van der Waals surface area (Å²) in [6.45, 7) is 2.44. The predicted molar refractivity (Wildman–Crippen MR) is 85.5 cm³/mol. The van der Waals surface area contributed by atoms with Gasteiger partial charge in [0.2, 0.25) is 0 Å². The maximum Gasteiger partial charge on any atom is 0.254 e. The third kappa shape index (κ3) is 2.70. The van der Waals surface area contributed by atoms with Gasteiger partial charge in [-0.1, -0.05) is 6.07 Å². The van der Waals surface area contributed by atoms with Crippen molar-refractivity contribution in [3.05, 3.63) is 59.8 Å². The molecule has 5 nitrogen and oxygen atoms in total. The highest BCUT2D eigenvalue weighted by atomic mass is 16.2. The molecule has 0 aliphatic heterocycles. The van der Waals surface area contributed by atoms with Crippen LogP contribution >= 0.6 is 0 Å². The van der Waals surface area contributed by atoms with Gasteiger partial charge in [-0.25, -0.2) is 4.98 Å². The van der Waals surface area contributed by atoms with Gasteiger partial charge >= 0.3 is 0 Å². The van der Waals surface area contributed by atoms with Gasteiger partial charge in [0.15, 0.2) is 0 Å². The number of rotatable bonds is 3. The minimum Gasteiger partial charge on any atom is -0.337 e. The number of hydrogen-bond acceptors (Lipinski definition) is 3. The summed E-state index contributed by atoms with van der Waals surface area (Å²) in [6, 6.07) is 9.55. The van der Waals surface area contributed by atoms with E-state index < -0.39 is 0 Å². The quantitative estimate of drug-likeness (QED) is 0.746. The van der Waals surface area contributed by atoms with Crippen LogP contribution in [0.15, 0.2) is 42.7 Å². The van der Waals surface area contributed by atoms with Crippen molar-refractivity contribution in [2.45, 2.75) is 13.5 Å². The first-order chi connectivity index (χ1) is 10.5. The zero-order chi connectivity index (χ0) is 15.7. The van der Waals surface area contributed by atoms with E-state index in [9.17, 15) is 4.79 Å². The molecule has 2 heterocycles. The molecule has 0 aliphatic carbocycles. The first-order valence-electron chi connectivity index (χ1n) is 7.13. The Morgan fingerprint density at radius 3 is 2.82 bits per heavy atom. The molecular formula is C17H18N4O. The van der Waals surface area contributed by atoms with Crippen molar-refractivity contribution in [3.8, 4) is 0 Å². The Hall–Kier alpha value is -2.69. The van der Waals surface area contributed by atoms with Gasteiger partial charge in [0.25, 0.3) is 5.91 Å². The normalized spacial score (nSPS) is 10.9. The molecule has 0 fully saturated rings. The second-order valence-electron chi connectivity index (χ2n) is 5.48. The molecule has 3 rings (SSSR count). The number of hydrogen-bond donors (Lipinski definition) is 0. The second-order valence-corrected chi connectivity index (χ2v) is 5.48. The number of carbonyl (C=O) groups is 1. The number of aryl methyl sites for hydroxylation is 2. The van der Waals surface area contributed by atoms with Crippen molar-refractivity contribution in [1.29, 1.82) is 0 Å². The smallest absolute Gasteiger partial charge is 0.254 e. The van der Waals surface area contributed by atoms with Crippen molar-refractivity contribution >= 4 is 16.8 Å². The predicted octanol–water partition coefficient (Wildman–Crippen LogP) is 2.55. The Morgan fingerprint density at radius 1 is 1.27 bits per heavy atom. The van der Waals surface area contributed by atoms with E-state index in [-0.39, 0.29) is 5.91 Å². The number of fused-ring (bicyclic) bond motifs is 1. The fraction of sp³-hybridized carbons (Fsp3) is 0.235. The van der Waals surface area contributed by atoms with Crippen LogP contribution in [0.3, 0.4) is 0 Å². The average Bonchev–Trinajstić information content (AvgIpc) is 2.91. The van der Waals surface area contributed by atoms with Crippen LogP contribution in [-0.2, 0) is 13.6 Å². The molecule has 0 bridgehead atoms. The number of benzene rings is 1. The minimum absolute atomic E-state index is 0.0227. The topological polar surface area (TPSA) is 51.0 Å². The summed E-state index contributed by atoms with van der Waals surface area (Å²) >= 11 is 0. The summed E-state index contributed by atoms with van der Waals surface area (Å²) in [5, 5.41) is 0.974. The fourth-order valence-electron chi connectivity index (χ4n) is 2.41. The van der Waals surface area contributed by atoms with Crippen LogP contribution in [0.2, 0.25) is 0 Å². The van der Waals surface area contributed by atoms with E-state index in [1.54, 1.807) is 18.1 Å². The lowest BCUT2D eigenvalue weighted by Gasteiger charge is -2.17. The van der Waals surface area contributed by atoms with Gasteiger partial charge in [0, 0.05) is 43.1 Å². The highest BCUT2D eigenvalue weighted by Crippen LogP contribution is 2.16. The highest BCUT2D eigenvalue weighted by Gasteiger charge is 2.14. The molecule has 3 aromatic rings. The Kier molecular flexibility index (Phi) is 3.63. The Labute approximate surface area is 129 Å². The zero-order valence-electron chi connectivity index (χ0n) is 12.9. The number of pyridine rings is 1. The maximum absolute atomic E-state index is 12.6. The molecule has 2 aromatic heterocycles. The van der Waals surface area contributed by atoms with Gasteiger partial charge in [0.05, 0.1) is 12.1 Å². The SMILES string of the molecule is Cc1ccc2cc(C(=O)N(C)Cc3nccn3C)ccc2n1. The van der Waals surface area contributed by atoms with E-state index >= 15 is 0 Å². The molecule has 0 saturated heterocycles. The molecule has 0 radical (unpaired) electrons. The van der Waals surface area contributed by atoms with Crippen LogP contribution in [0.5, 0.6) is 0 Å². The summed E-state index contributed by atoms with van der Waals surface area (Å²) in [7, 11) is 3.71. The molecule has 1 aromatic carbocycles. The fourth-order valence-corrected chi connectivity index (χ4v) is 2.41. The van der Waals surface area contributed by atoms with Gasteiger partial charge < -0.3 is 9.47 Å². The van der Waals surface area contributed by atoms with Crippen LogP contribution in [0, 0.1) is 6.92 Å². The van der Waals surface area contributed by atoms with Crippen molar-refractivity contribution in [3.63, 3.8) is 0 Å². The van der Waals surface area contributed by atoms with E-state index in [1.165, 1.54) is 0 Å². The zero-order valence-corrected chi connectivity index (χ0v) is 12.9. The molecule has 5 heteroatoms. The standard InChI is InChI=1S/C17H18N4O/c1-12-4-5-13-10-14(6-7-15(13)19-12)17(22)21(3)11-16-18-8-9-20(16)2/h4-10H,11H2,1-3H3. The van der Waals surface area contributed by atoms with Gasteiger partial charge in [-0.3, -0.25) is 9.78 Å². The van der Waals surface area contributed by atoms with Gasteiger partial charge in [-0.05, 0) is 31.2 Å². The molecule has 0 atom stereocenters. The van der Waals surface area contributed by atoms with E-state index in [4.69, 9.17) is 0 Å². The molecular weight excluding hydrogens is 276 g/mol. The monoisotopic (exact) mass is 294 g/mol. The molecule has 1 amide bonds. The van der Waals surface area contributed by atoms with E-state index in [2.05, 4.69) is 9.97 Å². The molecule has 0 N–H and O–H groups in total. The Bertz CT molecular complexity index is 838. The maximum atomic E-state index is 12.6. The highest BCUT2D eigenvalue weighted by molar-refractivity contribution is 5.97. The van der Waals surface area contributed by atoms with E-state index in [0.717, 1.165) is 22.4 Å². The lowest BCUT2D eigenvalue weighted by atomic mass is 10.1. The third-order valence-electron chi connectivity index (χ3n) is 3.72. The molecule has 22 heavy (non-hydrogen) atoms. The first-order valence-corrected chi connectivity index (χ1v) is 7.13. The first kappa shape index (κ1) is 14.3. The van der Waals surface area contributed by atoms with Gasteiger partial charge in [0.1, 0.15) is 5.82 Å². The van der Waals surface area contributed by atoms with Crippen molar-refractivity contribution in [2.24, 2.45) is 7.05 Å². The Balaban J connectivity index is 1.85. The average molecular weight is 294 g/mol. The number of amides is 1. The number of carbonyl (C=O) groups excluding carboxylic acids is 1. The van der Waals surface area contributed by atoms with Crippen molar-refractivity contribution < 1.29 is 4.79 Å². The minimum atomic E-state index is -0.0227.